The van der Waals surface area contributed by atoms with Gasteiger partial charge in [0.1, 0.15) is 5.01 Å². The van der Waals surface area contributed by atoms with Crippen LogP contribution in [-0.4, -0.2) is 4.98 Å². The van der Waals surface area contributed by atoms with Gasteiger partial charge in [0.15, 0.2) is 0 Å². The molecule has 2 aromatic rings. The van der Waals surface area contributed by atoms with Gasteiger partial charge in [0.25, 0.3) is 0 Å². The quantitative estimate of drug-likeness (QED) is 0.879. The van der Waals surface area contributed by atoms with Crippen molar-refractivity contribution in [3.05, 3.63) is 51.5 Å². The highest BCUT2D eigenvalue weighted by molar-refractivity contribution is 7.09. The monoisotopic (exact) mass is 300 g/mol. The lowest BCUT2D eigenvalue weighted by atomic mass is 9.70. The van der Waals surface area contributed by atoms with E-state index in [1.807, 2.05) is 0 Å². The van der Waals surface area contributed by atoms with Crippen LogP contribution in [0.5, 0.6) is 0 Å². The van der Waals surface area contributed by atoms with E-state index in [0.29, 0.717) is 12.1 Å². The normalized spacial score (nSPS) is 21.8. The number of aromatic nitrogens is 1. The summed E-state index contributed by atoms with van der Waals surface area (Å²) in [5.74, 6) is 0. The molecule has 1 N–H and O–H groups in total. The highest BCUT2D eigenvalue weighted by atomic mass is 32.1. The van der Waals surface area contributed by atoms with Crippen molar-refractivity contribution in [3.8, 4) is 0 Å². The Kier molecular flexibility index (Phi) is 3.89. The van der Waals surface area contributed by atoms with Gasteiger partial charge in [-0.3, -0.25) is 0 Å². The van der Waals surface area contributed by atoms with E-state index in [0.717, 1.165) is 5.69 Å². The molecular formula is C18H24N2S. The van der Waals surface area contributed by atoms with E-state index in [1.165, 1.54) is 29.0 Å². The van der Waals surface area contributed by atoms with E-state index in [4.69, 9.17) is 0 Å². The molecule has 3 heteroatoms. The standard InChI is InChI=1S/C18H24N2S/c1-12-11-21-17(19-12)13(2)20-16-15-8-6-5-7-14(15)9-10-18(16,3)4/h5-8,11,13,16,20H,9-10H2,1-4H3. The van der Waals surface area contributed by atoms with E-state index < -0.39 is 0 Å². The van der Waals surface area contributed by atoms with Crippen molar-refractivity contribution in [3.63, 3.8) is 0 Å². The molecule has 0 saturated heterocycles. The summed E-state index contributed by atoms with van der Waals surface area (Å²) in [5, 5.41) is 7.16. The number of nitrogens with one attached hydrogen (secondary N) is 1. The van der Waals surface area contributed by atoms with Crippen LogP contribution in [0.3, 0.4) is 0 Å². The molecule has 0 amide bonds. The summed E-state index contributed by atoms with van der Waals surface area (Å²) in [4.78, 5) is 4.64. The molecule has 2 atom stereocenters. The van der Waals surface area contributed by atoms with Gasteiger partial charge in [-0.15, -0.1) is 11.3 Å². The fraction of sp³-hybridized carbons (Fsp3) is 0.500. The molecular weight excluding hydrogens is 276 g/mol. The first-order valence-corrected chi connectivity index (χ1v) is 8.61. The van der Waals surface area contributed by atoms with Crippen LogP contribution in [-0.2, 0) is 6.42 Å². The smallest absolute Gasteiger partial charge is 0.110 e. The Bertz CT molecular complexity index is 630. The van der Waals surface area contributed by atoms with Crippen molar-refractivity contribution in [2.24, 2.45) is 5.41 Å². The molecule has 0 saturated carbocycles. The van der Waals surface area contributed by atoms with Gasteiger partial charge >= 0.3 is 0 Å². The molecule has 2 nitrogen and oxygen atoms in total. The summed E-state index contributed by atoms with van der Waals surface area (Å²) in [6.07, 6.45) is 2.41. The number of hydrogen-bond acceptors (Lipinski definition) is 3. The maximum absolute atomic E-state index is 4.64. The maximum atomic E-state index is 4.64. The van der Waals surface area contributed by atoms with Crippen LogP contribution in [0.4, 0.5) is 0 Å². The van der Waals surface area contributed by atoms with Gasteiger partial charge in [0.05, 0.1) is 6.04 Å². The van der Waals surface area contributed by atoms with E-state index in [1.54, 1.807) is 11.3 Å². The van der Waals surface area contributed by atoms with Crippen molar-refractivity contribution in [1.82, 2.24) is 10.3 Å². The lowest BCUT2D eigenvalue weighted by Crippen LogP contribution is -2.39. The molecule has 0 spiro atoms. The molecule has 1 heterocycles. The lowest BCUT2D eigenvalue weighted by Gasteiger charge is -2.42. The lowest BCUT2D eigenvalue weighted by molar-refractivity contribution is 0.196. The second-order valence-corrected chi connectivity index (χ2v) is 7.73. The zero-order valence-electron chi connectivity index (χ0n) is 13.3. The molecule has 2 unspecified atom stereocenters. The molecule has 21 heavy (non-hydrogen) atoms. The first-order chi connectivity index (χ1) is 9.97. The van der Waals surface area contributed by atoms with Crippen molar-refractivity contribution in [1.29, 1.82) is 0 Å². The van der Waals surface area contributed by atoms with Gasteiger partial charge < -0.3 is 5.32 Å². The van der Waals surface area contributed by atoms with Crippen molar-refractivity contribution in [2.45, 2.75) is 52.6 Å². The third-order valence-electron chi connectivity index (χ3n) is 4.61. The van der Waals surface area contributed by atoms with Crippen LogP contribution in [0.15, 0.2) is 29.6 Å². The molecule has 3 rings (SSSR count). The van der Waals surface area contributed by atoms with Crippen LogP contribution < -0.4 is 5.32 Å². The predicted octanol–water partition coefficient (Wildman–Crippen LogP) is 4.82. The number of aryl methyl sites for hydroxylation is 2. The highest BCUT2D eigenvalue weighted by Crippen LogP contribution is 2.44. The maximum Gasteiger partial charge on any atom is 0.110 e. The van der Waals surface area contributed by atoms with Crippen LogP contribution >= 0.6 is 11.3 Å². The van der Waals surface area contributed by atoms with Crippen molar-refractivity contribution >= 4 is 11.3 Å². The highest BCUT2D eigenvalue weighted by Gasteiger charge is 2.36. The molecule has 1 aliphatic rings. The Balaban J connectivity index is 1.89. The molecule has 0 bridgehead atoms. The minimum Gasteiger partial charge on any atom is -0.301 e. The third-order valence-corrected chi connectivity index (χ3v) is 5.76. The Morgan fingerprint density at radius 1 is 1.33 bits per heavy atom. The zero-order valence-corrected chi connectivity index (χ0v) is 14.1. The van der Waals surface area contributed by atoms with E-state index in [2.05, 4.69) is 67.6 Å². The number of nitrogens with zero attached hydrogens (tertiary/aromatic N) is 1. The van der Waals surface area contributed by atoms with Gasteiger partial charge in [-0.25, -0.2) is 4.98 Å². The predicted molar refractivity (Wildman–Crippen MR) is 89.7 cm³/mol. The zero-order chi connectivity index (χ0) is 15.0. The summed E-state index contributed by atoms with van der Waals surface area (Å²) < 4.78 is 0. The van der Waals surface area contributed by atoms with Gasteiger partial charge in [0.2, 0.25) is 0 Å². The summed E-state index contributed by atoms with van der Waals surface area (Å²) in [6.45, 7) is 9.04. The Morgan fingerprint density at radius 2 is 2.10 bits per heavy atom. The Labute approximate surface area is 131 Å². The van der Waals surface area contributed by atoms with Crippen LogP contribution in [0.2, 0.25) is 0 Å². The summed E-state index contributed by atoms with van der Waals surface area (Å²) in [6, 6.07) is 9.56. The topological polar surface area (TPSA) is 24.9 Å². The SMILES string of the molecule is Cc1csc(C(C)NC2c3ccccc3CCC2(C)C)n1. The Hall–Kier alpha value is -1.19. The van der Waals surface area contributed by atoms with Crippen LogP contribution in [0.1, 0.15) is 61.1 Å². The van der Waals surface area contributed by atoms with Crippen LogP contribution in [0, 0.1) is 12.3 Å². The minimum absolute atomic E-state index is 0.273. The number of fused-ring (bicyclic) bond motifs is 1. The number of hydrogen-bond donors (Lipinski definition) is 1. The van der Waals surface area contributed by atoms with Crippen LogP contribution in [0.25, 0.3) is 0 Å². The molecule has 0 aliphatic heterocycles. The Morgan fingerprint density at radius 3 is 2.81 bits per heavy atom. The van der Waals surface area contributed by atoms with E-state index >= 15 is 0 Å². The first-order valence-electron chi connectivity index (χ1n) is 7.73. The number of rotatable bonds is 3. The average molecular weight is 300 g/mol. The fourth-order valence-electron chi connectivity index (χ4n) is 3.27. The van der Waals surface area contributed by atoms with E-state index in [-0.39, 0.29) is 5.41 Å². The fourth-order valence-corrected chi connectivity index (χ4v) is 4.09. The minimum atomic E-state index is 0.273. The number of thiazole rings is 1. The molecule has 1 aromatic heterocycles. The summed E-state index contributed by atoms with van der Waals surface area (Å²) >= 11 is 1.75. The largest absolute Gasteiger partial charge is 0.301 e. The molecule has 1 aromatic carbocycles. The second-order valence-electron chi connectivity index (χ2n) is 6.84. The summed E-state index contributed by atoms with van der Waals surface area (Å²) in [5.41, 5.74) is 4.35. The average Bonchev–Trinajstić information content (AvgIpc) is 2.89. The second kappa shape index (κ2) is 5.54. The molecule has 0 fully saturated rings. The molecule has 1 aliphatic carbocycles. The van der Waals surface area contributed by atoms with Crippen molar-refractivity contribution < 1.29 is 0 Å². The summed E-state index contributed by atoms with van der Waals surface area (Å²) in [7, 11) is 0. The van der Waals surface area contributed by atoms with Gasteiger partial charge in [0, 0.05) is 17.1 Å². The van der Waals surface area contributed by atoms with Gasteiger partial charge in [-0.2, -0.15) is 0 Å². The van der Waals surface area contributed by atoms with Gasteiger partial charge in [-0.05, 0) is 43.2 Å². The van der Waals surface area contributed by atoms with Crippen molar-refractivity contribution in [2.75, 3.05) is 0 Å². The van der Waals surface area contributed by atoms with E-state index in [9.17, 15) is 0 Å². The molecule has 112 valence electrons. The van der Waals surface area contributed by atoms with Gasteiger partial charge in [-0.1, -0.05) is 38.1 Å². The third kappa shape index (κ3) is 2.90. The first kappa shape index (κ1) is 14.7. The molecule has 0 radical (unpaired) electrons. The number of benzene rings is 1.